The van der Waals surface area contributed by atoms with Gasteiger partial charge in [0.2, 0.25) is 0 Å². The summed E-state index contributed by atoms with van der Waals surface area (Å²) in [5.74, 6) is 0. The van der Waals surface area contributed by atoms with Gasteiger partial charge in [0.05, 0.1) is 12.2 Å². The summed E-state index contributed by atoms with van der Waals surface area (Å²) >= 11 is 3.30. The first kappa shape index (κ1) is 9.24. The van der Waals surface area contributed by atoms with E-state index in [1.54, 1.807) is 13.2 Å². The fourth-order valence-electron chi connectivity index (χ4n) is 0.906. The molecule has 1 aromatic rings. The topological polar surface area (TPSA) is 33.0 Å². The maximum absolute atomic E-state index is 8.63. The lowest BCUT2D eigenvalue weighted by Crippen LogP contribution is -1.88. The van der Waals surface area contributed by atoms with E-state index in [0.717, 1.165) is 10.0 Å². The molecular weight excluding hydrogens is 218 g/mol. The largest absolute Gasteiger partial charge is 0.380 e. The summed E-state index contributed by atoms with van der Waals surface area (Å²) in [6.45, 7) is 0.574. The van der Waals surface area contributed by atoms with E-state index in [-0.39, 0.29) is 0 Å². The molecule has 0 aliphatic heterocycles. The van der Waals surface area contributed by atoms with E-state index in [4.69, 9.17) is 10.00 Å². The number of nitrogens with zero attached hydrogens (tertiary/aromatic N) is 1. The molecule has 3 heteroatoms. The van der Waals surface area contributed by atoms with Gasteiger partial charge in [0.15, 0.2) is 0 Å². The Kier molecular flexibility index (Phi) is 3.27. The molecule has 0 fully saturated rings. The predicted octanol–water partition coefficient (Wildman–Crippen LogP) is 2.47. The van der Waals surface area contributed by atoms with Crippen molar-refractivity contribution in [1.82, 2.24) is 0 Å². The molecule has 2 nitrogen and oxygen atoms in total. The second-order valence-electron chi connectivity index (χ2n) is 2.36. The highest BCUT2D eigenvalue weighted by Gasteiger charge is 1.99. The van der Waals surface area contributed by atoms with Crippen LogP contribution in [-0.4, -0.2) is 7.11 Å². The molecule has 0 saturated carbocycles. The first-order valence-corrected chi connectivity index (χ1v) is 4.24. The Bertz CT molecular complexity index is 317. The number of ether oxygens (including phenoxy) is 1. The summed E-state index contributed by atoms with van der Waals surface area (Å²) in [5, 5.41) is 8.63. The molecule has 1 aromatic carbocycles. The predicted molar refractivity (Wildman–Crippen MR) is 49.6 cm³/mol. The van der Waals surface area contributed by atoms with Crippen LogP contribution in [-0.2, 0) is 11.3 Å². The van der Waals surface area contributed by atoms with Crippen LogP contribution in [0.3, 0.4) is 0 Å². The highest BCUT2D eigenvalue weighted by molar-refractivity contribution is 9.10. The van der Waals surface area contributed by atoms with Crippen LogP contribution in [0.5, 0.6) is 0 Å². The van der Waals surface area contributed by atoms with Crippen LogP contribution in [0.4, 0.5) is 0 Å². The molecule has 0 aliphatic rings. The molecule has 0 bridgehead atoms. The maximum Gasteiger partial charge on any atom is 0.100 e. The molecule has 0 saturated heterocycles. The first-order valence-electron chi connectivity index (χ1n) is 3.45. The van der Waals surface area contributed by atoms with E-state index in [0.29, 0.717) is 12.2 Å². The minimum absolute atomic E-state index is 0.574. The van der Waals surface area contributed by atoms with Gasteiger partial charge in [0, 0.05) is 11.6 Å². The molecule has 0 amide bonds. The molecule has 0 spiro atoms. The zero-order valence-electron chi connectivity index (χ0n) is 6.67. The van der Waals surface area contributed by atoms with Gasteiger partial charge in [-0.3, -0.25) is 0 Å². The van der Waals surface area contributed by atoms with Gasteiger partial charge in [-0.1, -0.05) is 6.07 Å². The molecule has 0 aromatic heterocycles. The van der Waals surface area contributed by atoms with Gasteiger partial charge in [0.25, 0.3) is 0 Å². The SMILES string of the molecule is COCc1ccc(C#N)c(Br)c1. The fraction of sp³-hybridized carbons (Fsp3) is 0.222. The Morgan fingerprint density at radius 3 is 2.83 bits per heavy atom. The van der Waals surface area contributed by atoms with Crippen molar-refractivity contribution in [2.75, 3.05) is 7.11 Å². The van der Waals surface area contributed by atoms with Gasteiger partial charge >= 0.3 is 0 Å². The van der Waals surface area contributed by atoms with E-state index < -0.39 is 0 Å². The van der Waals surface area contributed by atoms with Gasteiger partial charge in [-0.05, 0) is 33.6 Å². The van der Waals surface area contributed by atoms with E-state index in [1.165, 1.54) is 0 Å². The van der Waals surface area contributed by atoms with E-state index in [2.05, 4.69) is 22.0 Å². The van der Waals surface area contributed by atoms with Gasteiger partial charge in [-0.25, -0.2) is 0 Å². The third-order valence-electron chi connectivity index (χ3n) is 1.46. The lowest BCUT2D eigenvalue weighted by molar-refractivity contribution is 0.185. The van der Waals surface area contributed by atoms with Crippen molar-refractivity contribution < 1.29 is 4.74 Å². The quantitative estimate of drug-likeness (QED) is 0.775. The minimum Gasteiger partial charge on any atom is -0.380 e. The number of rotatable bonds is 2. The first-order chi connectivity index (χ1) is 5.77. The van der Waals surface area contributed by atoms with Crippen LogP contribution in [0.15, 0.2) is 22.7 Å². The van der Waals surface area contributed by atoms with Crippen molar-refractivity contribution in [2.24, 2.45) is 0 Å². The van der Waals surface area contributed by atoms with Crippen molar-refractivity contribution in [3.63, 3.8) is 0 Å². The summed E-state index contributed by atoms with van der Waals surface area (Å²) in [6.07, 6.45) is 0. The number of methoxy groups -OCH3 is 1. The molecule has 0 radical (unpaired) electrons. The molecular formula is C9H8BrNO. The number of hydrogen-bond acceptors (Lipinski definition) is 2. The maximum atomic E-state index is 8.63. The summed E-state index contributed by atoms with van der Waals surface area (Å²) in [5.41, 5.74) is 1.71. The van der Waals surface area contributed by atoms with Crippen molar-refractivity contribution in [1.29, 1.82) is 5.26 Å². The summed E-state index contributed by atoms with van der Waals surface area (Å²) in [7, 11) is 1.64. The van der Waals surface area contributed by atoms with Gasteiger partial charge in [-0.2, -0.15) is 5.26 Å². The van der Waals surface area contributed by atoms with Crippen LogP contribution in [0.25, 0.3) is 0 Å². The molecule has 0 heterocycles. The summed E-state index contributed by atoms with van der Waals surface area (Å²) in [6, 6.07) is 7.63. The number of halogens is 1. The lowest BCUT2D eigenvalue weighted by atomic mass is 10.2. The van der Waals surface area contributed by atoms with E-state index in [9.17, 15) is 0 Å². The molecule has 62 valence electrons. The van der Waals surface area contributed by atoms with Crippen LogP contribution < -0.4 is 0 Å². The molecule has 0 aliphatic carbocycles. The monoisotopic (exact) mass is 225 g/mol. The van der Waals surface area contributed by atoms with E-state index >= 15 is 0 Å². The van der Waals surface area contributed by atoms with Crippen molar-refractivity contribution >= 4 is 15.9 Å². The highest BCUT2D eigenvalue weighted by Crippen LogP contribution is 2.17. The van der Waals surface area contributed by atoms with Crippen LogP contribution >= 0.6 is 15.9 Å². The number of benzene rings is 1. The Morgan fingerprint density at radius 1 is 1.58 bits per heavy atom. The molecule has 0 atom stereocenters. The van der Waals surface area contributed by atoms with Gasteiger partial charge in [-0.15, -0.1) is 0 Å². The zero-order valence-corrected chi connectivity index (χ0v) is 8.26. The Hall–Kier alpha value is -0.850. The van der Waals surface area contributed by atoms with Crippen LogP contribution in [0.2, 0.25) is 0 Å². The van der Waals surface area contributed by atoms with Crippen molar-refractivity contribution in [3.05, 3.63) is 33.8 Å². The molecule has 0 N–H and O–H groups in total. The molecule has 12 heavy (non-hydrogen) atoms. The Labute approximate surface area is 79.9 Å². The summed E-state index contributed by atoms with van der Waals surface area (Å²) in [4.78, 5) is 0. The normalized spacial score (nSPS) is 9.42. The smallest absolute Gasteiger partial charge is 0.100 e. The molecule has 1 rings (SSSR count). The van der Waals surface area contributed by atoms with Crippen LogP contribution in [0.1, 0.15) is 11.1 Å². The van der Waals surface area contributed by atoms with Crippen molar-refractivity contribution in [3.8, 4) is 6.07 Å². The van der Waals surface area contributed by atoms with Gasteiger partial charge in [0.1, 0.15) is 6.07 Å². The highest BCUT2D eigenvalue weighted by atomic mass is 79.9. The van der Waals surface area contributed by atoms with Crippen molar-refractivity contribution in [2.45, 2.75) is 6.61 Å². The minimum atomic E-state index is 0.574. The number of nitriles is 1. The Balaban J connectivity index is 2.96. The average molecular weight is 226 g/mol. The third-order valence-corrected chi connectivity index (χ3v) is 2.12. The Morgan fingerprint density at radius 2 is 2.33 bits per heavy atom. The standard InChI is InChI=1S/C9H8BrNO/c1-12-6-7-2-3-8(5-11)9(10)4-7/h2-4H,6H2,1H3. The second kappa shape index (κ2) is 4.24. The average Bonchev–Trinajstić information content (AvgIpc) is 2.05. The molecule has 0 unspecified atom stereocenters. The van der Waals surface area contributed by atoms with E-state index in [1.807, 2.05) is 12.1 Å². The van der Waals surface area contributed by atoms with Gasteiger partial charge < -0.3 is 4.74 Å². The fourth-order valence-corrected chi connectivity index (χ4v) is 1.42. The lowest BCUT2D eigenvalue weighted by Gasteiger charge is -2.00. The van der Waals surface area contributed by atoms with Crippen LogP contribution in [0, 0.1) is 11.3 Å². The third kappa shape index (κ3) is 2.07. The number of hydrogen-bond donors (Lipinski definition) is 0. The second-order valence-corrected chi connectivity index (χ2v) is 3.21. The zero-order chi connectivity index (χ0) is 8.97. The summed E-state index contributed by atoms with van der Waals surface area (Å²) < 4.78 is 5.77.